The van der Waals surface area contributed by atoms with Gasteiger partial charge in [0.1, 0.15) is 22.8 Å². The number of carbonyl (C=O) groups is 1. The van der Waals surface area contributed by atoms with Crippen LogP contribution in [0.3, 0.4) is 0 Å². The average Bonchev–Trinajstić information content (AvgIpc) is 2.78. The molecule has 0 bridgehead atoms. The summed E-state index contributed by atoms with van der Waals surface area (Å²) < 4.78 is 16.9. The molecule has 0 aliphatic carbocycles. The third-order valence-corrected chi connectivity index (χ3v) is 5.92. The van der Waals surface area contributed by atoms with Crippen LogP contribution in [0, 0.1) is 12.8 Å². The molecule has 0 N–H and O–H groups in total. The van der Waals surface area contributed by atoms with Gasteiger partial charge in [0.15, 0.2) is 6.61 Å². The molecule has 1 fully saturated rings. The number of benzene rings is 2. The fraction of sp³-hybridized carbons (Fsp3) is 0.360. The van der Waals surface area contributed by atoms with Crippen molar-refractivity contribution < 1.29 is 18.7 Å². The second-order valence-electron chi connectivity index (χ2n) is 8.10. The Hall–Kier alpha value is -3.28. The van der Waals surface area contributed by atoms with E-state index < -0.39 is 0 Å². The summed E-state index contributed by atoms with van der Waals surface area (Å²) in [6.07, 6.45) is 2.06. The fourth-order valence-corrected chi connectivity index (χ4v) is 3.96. The van der Waals surface area contributed by atoms with Crippen LogP contribution < -0.4 is 14.9 Å². The van der Waals surface area contributed by atoms with Crippen molar-refractivity contribution in [1.29, 1.82) is 0 Å². The number of carbonyl (C=O) groups excluding carboxylic acids is 1. The number of nitrogens with zero attached hydrogens (tertiary/aromatic N) is 1. The molecule has 0 radical (unpaired) electrons. The van der Waals surface area contributed by atoms with E-state index in [-0.39, 0.29) is 17.9 Å². The van der Waals surface area contributed by atoms with Crippen molar-refractivity contribution in [3.05, 3.63) is 58.4 Å². The first-order valence-corrected chi connectivity index (χ1v) is 10.6. The summed E-state index contributed by atoms with van der Waals surface area (Å²) in [5.41, 5.74) is 1.64. The van der Waals surface area contributed by atoms with E-state index in [4.69, 9.17) is 13.9 Å². The van der Waals surface area contributed by atoms with Gasteiger partial charge in [-0.05, 0) is 55.5 Å². The highest BCUT2D eigenvalue weighted by molar-refractivity contribution is 5.84. The van der Waals surface area contributed by atoms with Crippen molar-refractivity contribution in [1.82, 2.24) is 4.90 Å². The maximum absolute atomic E-state index is 13.1. The van der Waals surface area contributed by atoms with Crippen LogP contribution in [0.4, 0.5) is 0 Å². The summed E-state index contributed by atoms with van der Waals surface area (Å²) in [4.78, 5) is 27.4. The van der Waals surface area contributed by atoms with E-state index in [0.717, 1.165) is 37.2 Å². The summed E-state index contributed by atoms with van der Waals surface area (Å²) in [7, 11) is 1.60. The Morgan fingerprint density at radius 1 is 1.10 bits per heavy atom. The number of amides is 1. The summed E-state index contributed by atoms with van der Waals surface area (Å²) >= 11 is 0. The molecule has 1 amide bonds. The molecule has 2 aromatic carbocycles. The van der Waals surface area contributed by atoms with Crippen LogP contribution in [-0.2, 0) is 4.79 Å². The smallest absolute Gasteiger partial charge is 0.260 e. The molecule has 4 rings (SSSR count). The lowest BCUT2D eigenvalue weighted by Gasteiger charge is -2.30. The average molecular weight is 421 g/mol. The molecule has 31 heavy (non-hydrogen) atoms. The summed E-state index contributed by atoms with van der Waals surface area (Å²) in [6, 6.07) is 12.4. The van der Waals surface area contributed by atoms with Gasteiger partial charge >= 0.3 is 0 Å². The van der Waals surface area contributed by atoms with Gasteiger partial charge in [-0.3, -0.25) is 9.59 Å². The minimum atomic E-state index is -0.103. The van der Waals surface area contributed by atoms with E-state index in [2.05, 4.69) is 6.92 Å². The second-order valence-corrected chi connectivity index (χ2v) is 8.10. The van der Waals surface area contributed by atoms with Gasteiger partial charge in [-0.15, -0.1) is 0 Å². The van der Waals surface area contributed by atoms with Crippen LogP contribution in [0.1, 0.15) is 25.5 Å². The van der Waals surface area contributed by atoms with E-state index in [1.807, 2.05) is 29.2 Å². The lowest BCUT2D eigenvalue weighted by atomic mass is 9.99. The van der Waals surface area contributed by atoms with Gasteiger partial charge in [-0.2, -0.15) is 0 Å². The molecule has 0 saturated carbocycles. The maximum Gasteiger partial charge on any atom is 0.260 e. The van der Waals surface area contributed by atoms with Gasteiger partial charge in [-0.1, -0.05) is 19.1 Å². The topological polar surface area (TPSA) is 69.0 Å². The normalized spacial score (nSPS) is 14.6. The van der Waals surface area contributed by atoms with E-state index >= 15 is 0 Å². The second kappa shape index (κ2) is 8.84. The van der Waals surface area contributed by atoms with E-state index in [1.54, 1.807) is 32.2 Å². The van der Waals surface area contributed by atoms with Gasteiger partial charge < -0.3 is 18.8 Å². The van der Waals surface area contributed by atoms with Crippen molar-refractivity contribution in [3.8, 4) is 22.6 Å². The minimum Gasteiger partial charge on any atom is -0.497 e. The van der Waals surface area contributed by atoms with Gasteiger partial charge in [0.2, 0.25) is 5.43 Å². The quantitative estimate of drug-likeness (QED) is 0.610. The SMILES string of the molecule is COc1ccc(-c2c(C)oc3cc(OCC(=O)N4CCC(C)CC4)ccc3c2=O)cc1. The van der Waals surface area contributed by atoms with Crippen LogP contribution in [0.25, 0.3) is 22.1 Å². The largest absolute Gasteiger partial charge is 0.497 e. The predicted molar refractivity (Wildman–Crippen MR) is 120 cm³/mol. The van der Waals surface area contributed by atoms with Crippen molar-refractivity contribution >= 4 is 16.9 Å². The molecule has 6 heteroatoms. The number of rotatable bonds is 5. The molecular formula is C25H27NO5. The monoisotopic (exact) mass is 421 g/mol. The van der Waals surface area contributed by atoms with Crippen LogP contribution >= 0.6 is 0 Å². The Morgan fingerprint density at radius 3 is 2.45 bits per heavy atom. The third-order valence-electron chi connectivity index (χ3n) is 5.92. The number of hydrogen-bond donors (Lipinski definition) is 0. The number of hydrogen-bond acceptors (Lipinski definition) is 5. The van der Waals surface area contributed by atoms with Gasteiger partial charge in [0, 0.05) is 19.2 Å². The van der Waals surface area contributed by atoms with Crippen molar-refractivity contribution in [2.45, 2.75) is 26.7 Å². The number of piperidine rings is 1. The molecule has 0 atom stereocenters. The zero-order valence-electron chi connectivity index (χ0n) is 18.1. The number of aryl methyl sites for hydroxylation is 1. The van der Waals surface area contributed by atoms with Crippen molar-refractivity contribution in [2.24, 2.45) is 5.92 Å². The Kier molecular flexibility index (Phi) is 5.98. The molecule has 1 aliphatic heterocycles. The Morgan fingerprint density at radius 2 is 1.77 bits per heavy atom. The van der Waals surface area contributed by atoms with Crippen LogP contribution in [0.5, 0.6) is 11.5 Å². The zero-order chi connectivity index (χ0) is 22.0. The lowest BCUT2D eigenvalue weighted by Crippen LogP contribution is -2.40. The highest BCUT2D eigenvalue weighted by Gasteiger charge is 2.21. The molecule has 0 unspecified atom stereocenters. The molecule has 1 aromatic heterocycles. The molecule has 0 spiro atoms. The van der Waals surface area contributed by atoms with Crippen molar-refractivity contribution in [3.63, 3.8) is 0 Å². The van der Waals surface area contributed by atoms with Crippen LogP contribution in [0.15, 0.2) is 51.7 Å². The first kappa shape index (κ1) is 21.0. The number of fused-ring (bicyclic) bond motifs is 1. The maximum atomic E-state index is 13.1. The molecular weight excluding hydrogens is 394 g/mol. The number of methoxy groups -OCH3 is 1. The third kappa shape index (κ3) is 4.43. The molecule has 6 nitrogen and oxygen atoms in total. The van der Waals surface area contributed by atoms with Crippen LogP contribution in [-0.4, -0.2) is 37.6 Å². The Labute approximate surface area is 181 Å². The first-order valence-electron chi connectivity index (χ1n) is 10.6. The Balaban J connectivity index is 1.54. The standard InChI is InChI=1S/C25H27NO5/c1-16-10-12-26(13-11-16)23(27)15-30-20-8-9-21-22(14-20)31-17(2)24(25(21)28)18-4-6-19(29-3)7-5-18/h4-9,14,16H,10-13,15H2,1-3H3. The van der Waals surface area contributed by atoms with Gasteiger partial charge in [0.25, 0.3) is 5.91 Å². The van der Waals surface area contributed by atoms with E-state index in [9.17, 15) is 9.59 Å². The molecule has 2 heterocycles. The molecule has 1 saturated heterocycles. The van der Waals surface area contributed by atoms with Crippen molar-refractivity contribution in [2.75, 3.05) is 26.8 Å². The highest BCUT2D eigenvalue weighted by atomic mass is 16.5. The Bertz CT molecular complexity index is 1140. The summed E-state index contributed by atoms with van der Waals surface area (Å²) in [5.74, 6) is 2.41. The number of likely N-dealkylation sites (tertiary alicyclic amines) is 1. The summed E-state index contributed by atoms with van der Waals surface area (Å²) in [5, 5.41) is 0.472. The molecule has 1 aliphatic rings. The van der Waals surface area contributed by atoms with Crippen LogP contribution in [0.2, 0.25) is 0 Å². The lowest BCUT2D eigenvalue weighted by molar-refractivity contribution is -0.134. The van der Waals surface area contributed by atoms with E-state index in [1.165, 1.54) is 0 Å². The highest BCUT2D eigenvalue weighted by Crippen LogP contribution is 2.27. The first-order chi connectivity index (χ1) is 15.0. The minimum absolute atomic E-state index is 0.0144. The van der Waals surface area contributed by atoms with E-state index in [0.29, 0.717) is 34.0 Å². The zero-order valence-corrected chi connectivity index (χ0v) is 18.1. The number of ether oxygens (including phenoxy) is 2. The molecule has 162 valence electrons. The van der Waals surface area contributed by atoms with Gasteiger partial charge in [-0.25, -0.2) is 0 Å². The molecule has 3 aromatic rings. The fourth-order valence-electron chi connectivity index (χ4n) is 3.96. The van der Waals surface area contributed by atoms with Gasteiger partial charge in [0.05, 0.1) is 18.1 Å². The predicted octanol–water partition coefficient (Wildman–Crippen LogP) is 4.41. The summed E-state index contributed by atoms with van der Waals surface area (Å²) in [6.45, 7) is 5.53.